The Kier molecular flexibility index (Phi) is 7.64. The number of nitrogens with one attached hydrogen (secondary N) is 2. The van der Waals surface area contributed by atoms with Gasteiger partial charge in [0.1, 0.15) is 16.4 Å². The van der Waals surface area contributed by atoms with Crippen molar-refractivity contribution in [3.63, 3.8) is 0 Å². The van der Waals surface area contributed by atoms with Gasteiger partial charge in [0.15, 0.2) is 5.76 Å². The molecule has 180 valence electrons. The Balaban J connectivity index is 1.53. The van der Waals surface area contributed by atoms with Crippen molar-refractivity contribution in [1.29, 1.82) is 0 Å². The lowest BCUT2D eigenvalue weighted by Gasteiger charge is -2.14. The van der Waals surface area contributed by atoms with Crippen molar-refractivity contribution in [2.45, 2.75) is 11.3 Å². The first-order chi connectivity index (χ1) is 17.0. The van der Waals surface area contributed by atoms with Gasteiger partial charge in [-0.15, -0.1) is 0 Å². The molecule has 0 bridgehead atoms. The third-order valence-corrected chi connectivity index (χ3v) is 6.14. The number of carbonyl (C=O) groups is 3. The molecule has 3 aromatic rings. The summed E-state index contributed by atoms with van der Waals surface area (Å²) < 4.78 is 23.4. The highest BCUT2D eigenvalue weighted by Crippen LogP contribution is 2.36. The molecule has 0 unspecified atom stereocenters. The minimum atomic E-state index is -0.458. The van der Waals surface area contributed by atoms with E-state index in [9.17, 15) is 18.8 Å². The molecule has 0 saturated heterocycles. The third kappa shape index (κ3) is 5.79. The average Bonchev–Trinajstić information content (AvgIpc) is 3.47. The lowest BCUT2D eigenvalue weighted by atomic mass is 10.3. The second-order valence-electron chi connectivity index (χ2n) is 7.50. The van der Waals surface area contributed by atoms with Crippen LogP contribution in [0.4, 0.5) is 15.8 Å². The van der Waals surface area contributed by atoms with Crippen LogP contribution in [0.25, 0.3) is 0 Å². The molecule has 4 rings (SSSR count). The zero-order valence-electron chi connectivity index (χ0n) is 18.7. The zero-order valence-corrected chi connectivity index (χ0v) is 19.6. The number of halogens is 1. The number of anilines is 2. The Labute approximate surface area is 205 Å². The van der Waals surface area contributed by atoms with E-state index in [1.54, 1.807) is 43.5 Å². The molecule has 0 fully saturated rings. The van der Waals surface area contributed by atoms with E-state index in [1.807, 2.05) is 0 Å². The van der Waals surface area contributed by atoms with E-state index in [2.05, 4.69) is 10.6 Å². The molecule has 35 heavy (non-hydrogen) atoms. The Morgan fingerprint density at radius 3 is 2.40 bits per heavy atom. The van der Waals surface area contributed by atoms with Crippen molar-refractivity contribution in [2.24, 2.45) is 0 Å². The van der Waals surface area contributed by atoms with E-state index in [0.29, 0.717) is 29.3 Å². The fourth-order valence-electron chi connectivity index (χ4n) is 3.33. The minimum absolute atomic E-state index is 0.124. The number of imide groups is 1. The Bertz CT molecular complexity index is 1240. The van der Waals surface area contributed by atoms with Gasteiger partial charge in [-0.2, -0.15) is 0 Å². The number of hydrogen-bond acceptors (Lipinski definition) is 7. The van der Waals surface area contributed by atoms with Crippen molar-refractivity contribution in [2.75, 3.05) is 30.9 Å². The molecule has 1 aromatic heterocycles. The number of hydrogen-bond donors (Lipinski definition) is 2. The van der Waals surface area contributed by atoms with Gasteiger partial charge in [-0.05, 0) is 67.1 Å². The van der Waals surface area contributed by atoms with E-state index >= 15 is 0 Å². The van der Waals surface area contributed by atoms with E-state index in [-0.39, 0.29) is 28.8 Å². The smallest absolute Gasteiger partial charge is 0.291 e. The summed E-state index contributed by atoms with van der Waals surface area (Å²) in [6, 6.07) is 15.5. The number of methoxy groups -OCH3 is 1. The molecule has 1 aliphatic rings. The fourth-order valence-corrected chi connectivity index (χ4v) is 4.28. The first kappa shape index (κ1) is 24.2. The molecule has 1 aliphatic heterocycles. The molecule has 0 atom stereocenters. The van der Waals surface area contributed by atoms with Crippen LogP contribution in [0.1, 0.15) is 17.0 Å². The molecule has 2 aromatic carbocycles. The van der Waals surface area contributed by atoms with Crippen molar-refractivity contribution in [1.82, 2.24) is 4.90 Å². The van der Waals surface area contributed by atoms with Crippen molar-refractivity contribution < 1.29 is 27.9 Å². The number of amides is 3. The summed E-state index contributed by atoms with van der Waals surface area (Å²) >= 11 is 1.13. The maximum Gasteiger partial charge on any atom is 0.291 e. The first-order valence-corrected chi connectivity index (χ1v) is 11.5. The van der Waals surface area contributed by atoms with Gasteiger partial charge in [-0.1, -0.05) is 11.8 Å². The number of nitrogens with zero attached hydrogens (tertiary/aromatic N) is 1. The molecule has 10 heteroatoms. The van der Waals surface area contributed by atoms with Gasteiger partial charge in [-0.3, -0.25) is 19.3 Å². The van der Waals surface area contributed by atoms with Crippen LogP contribution in [-0.4, -0.2) is 42.9 Å². The summed E-state index contributed by atoms with van der Waals surface area (Å²) in [5.74, 6) is -1.48. The Morgan fingerprint density at radius 1 is 1.03 bits per heavy atom. The van der Waals surface area contributed by atoms with Gasteiger partial charge in [0.05, 0.1) is 6.26 Å². The molecule has 2 heterocycles. The molecular weight excluding hydrogens is 473 g/mol. The van der Waals surface area contributed by atoms with Crippen LogP contribution < -0.4 is 10.6 Å². The number of benzene rings is 2. The number of furan rings is 1. The zero-order chi connectivity index (χ0) is 24.8. The van der Waals surface area contributed by atoms with Crippen LogP contribution >= 0.6 is 11.8 Å². The normalized spacial score (nSPS) is 13.5. The lowest BCUT2D eigenvalue weighted by Crippen LogP contribution is -2.33. The van der Waals surface area contributed by atoms with Crippen LogP contribution in [-0.2, 0) is 14.3 Å². The average molecular weight is 496 g/mol. The molecule has 0 spiro atoms. The summed E-state index contributed by atoms with van der Waals surface area (Å²) in [6.07, 6.45) is 1.91. The van der Waals surface area contributed by atoms with Gasteiger partial charge in [0.2, 0.25) is 0 Å². The van der Waals surface area contributed by atoms with E-state index in [4.69, 9.17) is 9.15 Å². The molecular formula is C25H22FN3O5S. The lowest BCUT2D eigenvalue weighted by molar-refractivity contribution is -0.137. The quantitative estimate of drug-likeness (QED) is 0.316. The molecule has 2 N–H and O–H groups in total. The molecule has 0 aliphatic carbocycles. The SMILES string of the molecule is COCCCN1C(=O)C(Nc2ccc(F)cc2)=C(Sc2ccc(NC(=O)c3ccco3)cc2)C1=O. The number of rotatable bonds is 10. The predicted octanol–water partition coefficient (Wildman–Crippen LogP) is 4.49. The van der Waals surface area contributed by atoms with Crippen LogP contribution in [0.3, 0.4) is 0 Å². The highest BCUT2D eigenvalue weighted by Gasteiger charge is 2.38. The van der Waals surface area contributed by atoms with Gasteiger partial charge in [-0.25, -0.2) is 4.39 Å². The Hall–Kier alpha value is -3.89. The Morgan fingerprint density at radius 2 is 1.74 bits per heavy atom. The monoisotopic (exact) mass is 495 g/mol. The van der Waals surface area contributed by atoms with Gasteiger partial charge >= 0.3 is 0 Å². The van der Waals surface area contributed by atoms with E-state index in [0.717, 1.165) is 11.8 Å². The van der Waals surface area contributed by atoms with Gasteiger partial charge in [0, 0.05) is 36.5 Å². The largest absolute Gasteiger partial charge is 0.459 e. The number of thioether (sulfide) groups is 1. The maximum atomic E-state index is 13.3. The van der Waals surface area contributed by atoms with Crippen LogP contribution in [0.15, 0.2) is 86.8 Å². The van der Waals surface area contributed by atoms with Crippen LogP contribution in [0.2, 0.25) is 0 Å². The minimum Gasteiger partial charge on any atom is -0.459 e. The summed E-state index contributed by atoms with van der Waals surface area (Å²) in [6.45, 7) is 0.618. The summed E-state index contributed by atoms with van der Waals surface area (Å²) in [7, 11) is 1.55. The van der Waals surface area contributed by atoms with Crippen LogP contribution in [0, 0.1) is 5.82 Å². The molecule has 0 radical (unpaired) electrons. The number of carbonyl (C=O) groups excluding carboxylic acids is 3. The van der Waals surface area contributed by atoms with Gasteiger partial charge < -0.3 is 19.8 Å². The van der Waals surface area contributed by atoms with Crippen LogP contribution in [0.5, 0.6) is 0 Å². The second-order valence-corrected chi connectivity index (χ2v) is 8.59. The first-order valence-electron chi connectivity index (χ1n) is 10.7. The molecule has 3 amide bonds. The van der Waals surface area contributed by atoms with Crippen molar-refractivity contribution in [3.8, 4) is 0 Å². The molecule has 0 saturated carbocycles. The number of ether oxygens (including phenoxy) is 1. The second kappa shape index (κ2) is 11.0. The van der Waals surface area contributed by atoms with Crippen molar-refractivity contribution in [3.05, 3.63) is 89.1 Å². The van der Waals surface area contributed by atoms with E-state index < -0.39 is 17.6 Å². The summed E-state index contributed by atoms with van der Waals surface area (Å²) in [5.41, 5.74) is 1.15. The van der Waals surface area contributed by atoms with Crippen molar-refractivity contribution >= 4 is 40.9 Å². The standard InChI is InChI=1S/C25H22FN3O5S/c1-33-14-3-13-29-24(31)21(27-17-7-5-16(26)6-8-17)22(25(29)32)35-19-11-9-18(10-12-19)28-23(30)20-4-2-15-34-20/h2,4-12,15,27H,3,13-14H2,1H3,(H,28,30). The van der Waals surface area contributed by atoms with E-state index in [1.165, 1.54) is 35.4 Å². The molecule has 8 nitrogen and oxygen atoms in total. The van der Waals surface area contributed by atoms with Gasteiger partial charge in [0.25, 0.3) is 17.7 Å². The summed E-state index contributed by atoms with van der Waals surface area (Å²) in [4.78, 5) is 40.4. The third-order valence-electron chi connectivity index (χ3n) is 5.05. The fraction of sp³-hybridized carbons (Fsp3) is 0.160. The topological polar surface area (TPSA) is 101 Å². The maximum absolute atomic E-state index is 13.3. The summed E-state index contributed by atoms with van der Waals surface area (Å²) in [5, 5.41) is 5.70. The highest BCUT2D eigenvalue weighted by atomic mass is 32.2. The predicted molar refractivity (Wildman–Crippen MR) is 129 cm³/mol. The highest BCUT2D eigenvalue weighted by molar-refractivity contribution is 8.04.